The van der Waals surface area contributed by atoms with Crippen molar-refractivity contribution in [3.8, 4) is 17.1 Å². The Hall–Kier alpha value is -1.81. The molecule has 0 aliphatic heterocycles. The summed E-state index contributed by atoms with van der Waals surface area (Å²) in [5, 5.41) is 29.0. The van der Waals surface area contributed by atoms with E-state index in [9.17, 15) is 15.0 Å². The minimum atomic E-state index is -1.09. The van der Waals surface area contributed by atoms with E-state index in [1.54, 1.807) is 24.3 Å². The van der Waals surface area contributed by atoms with Crippen LogP contribution in [0.3, 0.4) is 0 Å². The van der Waals surface area contributed by atoms with Crippen molar-refractivity contribution in [2.45, 2.75) is 18.6 Å². The average molecular weight is 560 g/mol. The van der Waals surface area contributed by atoms with Gasteiger partial charge in [-0.3, -0.25) is 0 Å². The molecule has 1 heterocycles. The minimum absolute atomic E-state index is 0.0463. The van der Waals surface area contributed by atoms with E-state index in [2.05, 4.69) is 42.1 Å². The van der Waals surface area contributed by atoms with E-state index in [0.29, 0.717) is 37.1 Å². The molecule has 0 saturated heterocycles. The first-order valence-corrected chi connectivity index (χ1v) is 11.1. The maximum absolute atomic E-state index is 11.8. The third-order valence-corrected chi connectivity index (χ3v) is 6.34. The van der Waals surface area contributed by atoms with Gasteiger partial charge in [-0.15, -0.1) is 10.2 Å². The predicted octanol–water partition coefficient (Wildman–Crippen LogP) is 6.07. The molecule has 0 bridgehead atoms. The molecule has 1 aromatic heterocycles. The van der Waals surface area contributed by atoms with Crippen LogP contribution in [0.4, 0.5) is 0 Å². The van der Waals surface area contributed by atoms with E-state index in [1.165, 1.54) is 6.08 Å². The second-order valence-corrected chi connectivity index (χ2v) is 8.96. The van der Waals surface area contributed by atoms with Gasteiger partial charge in [0.1, 0.15) is 10.7 Å². The summed E-state index contributed by atoms with van der Waals surface area (Å²) in [4.78, 5) is 11.9. The van der Waals surface area contributed by atoms with Crippen molar-refractivity contribution in [2.24, 2.45) is 0 Å². The van der Waals surface area contributed by atoms with E-state index in [0.717, 1.165) is 17.3 Å². The lowest BCUT2D eigenvalue weighted by Gasteiger charge is -2.08. The van der Waals surface area contributed by atoms with Crippen LogP contribution in [0, 0.1) is 0 Å². The molecule has 0 aliphatic rings. The van der Waals surface area contributed by atoms with Gasteiger partial charge in [-0.2, -0.15) is 0 Å². The lowest BCUT2D eigenvalue weighted by molar-refractivity contribution is -0.131. The van der Waals surface area contributed by atoms with Crippen LogP contribution in [0.1, 0.15) is 12.5 Å². The monoisotopic (exact) mass is 557 g/mol. The Balaban J connectivity index is 1.98. The third-order valence-electron chi connectivity index (χ3n) is 3.88. The molecule has 3 rings (SSSR count). The fourth-order valence-corrected chi connectivity index (χ4v) is 4.75. The molecular weight excluding hydrogens is 546 g/mol. The number of hydrogen-bond acceptors (Lipinski definition) is 5. The lowest BCUT2D eigenvalue weighted by atomic mass is 10.2. The van der Waals surface area contributed by atoms with E-state index < -0.39 is 5.97 Å². The highest BCUT2D eigenvalue weighted by Crippen LogP contribution is 2.36. The number of hydrogen-bond donors (Lipinski definition) is 2. The molecule has 0 fully saturated rings. The maximum Gasteiger partial charge on any atom is 0.342 e. The number of benzene rings is 2. The van der Waals surface area contributed by atoms with E-state index >= 15 is 0 Å². The summed E-state index contributed by atoms with van der Waals surface area (Å²) < 4.78 is 2.75. The highest BCUT2D eigenvalue weighted by atomic mass is 79.9. The van der Waals surface area contributed by atoms with Crippen LogP contribution in [-0.4, -0.2) is 30.9 Å². The Labute approximate surface area is 192 Å². The Morgan fingerprint density at radius 2 is 1.83 bits per heavy atom. The topological polar surface area (TPSA) is 88.2 Å². The van der Waals surface area contributed by atoms with Crippen LogP contribution in [-0.2, 0) is 11.3 Å². The fourth-order valence-electron chi connectivity index (χ4n) is 2.51. The summed E-state index contributed by atoms with van der Waals surface area (Å²) in [6, 6.07) is 10.5. The van der Waals surface area contributed by atoms with Crippen molar-refractivity contribution in [1.82, 2.24) is 14.8 Å². The highest BCUT2D eigenvalue weighted by Gasteiger charge is 2.18. The summed E-state index contributed by atoms with van der Waals surface area (Å²) in [6.07, 6.45) is 1.51. The average Bonchev–Trinajstić information content (AvgIpc) is 3.08. The zero-order valence-electron chi connectivity index (χ0n) is 14.9. The van der Waals surface area contributed by atoms with Gasteiger partial charge in [-0.05, 0) is 98.6 Å². The molecule has 0 atom stereocenters. The molecule has 0 spiro atoms. The van der Waals surface area contributed by atoms with E-state index in [-0.39, 0.29) is 10.7 Å². The van der Waals surface area contributed by atoms with Gasteiger partial charge < -0.3 is 14.8 Å². The minimum Gasteiger partial charge on any atom is -0.506 e. The van der Waals surface area contributed by atoms with Crippen LogP contribution in [0.5, 0.6) is 5.75 Å². The summed E-state index contributed by atoms with van der Waals surface area (Å²) in [6.45, 7) is 2.50. The lowest BCUT2D eigenvalue weighted by Crippen LogP contribution is -2.02. The number of thioether (sulfide) groups is 1. The van der Waals surface area contributed by atoms with Crippen LogP contribution < -0.4 is 0 Å². The van der Waals surface area contributed by atoms with E-state index in [4.69, 9.17) is 11.6 Å². The zero-order chi connectivity index (χ0) is 21.1. The van der Waals surface area contributed by atoms with Gasteiger partial charge in [-0.1, -0.05) is 11.6 Å². The molecule has 150 valence electrons. The molecule has 0 unspecified atom stereocenters. The van der Waals surface area contributed by atoms with Crippen molar-refractivity contribution >= 4 is 67.3 Å². The second kappa shape index (κ2) is 9.34. The molecule has 2 N–H and O–H groups in total. The van der Waals surface area contributed by atoms with Crippen LogP contribution >= 0.6 is 55.2 Å². The fraction of sp³-hybridized carbons (Fsp3) is 0.105. The van der Waals surface area contributed by atoms with Gasteiger partial charge in [0.15, 0.2) is 11.0 Å². The number of carbonyl (C=O) groups is 1. The molecule has 29 heavy (non-hydrogen) atoms. The summed E-state index contributed by atoms with van der Waals surface area (Å²) in [7, 11) is 0. The number of phenols is 1. The number of aromatic nitrogens is 3. The molecule has 0 aliphatic carbocycles. The predicted molar refractivity (Wildman–Crippen MR) is 121 cm³/mol. The summed E-state index contributed by atoms with van der Waals surface area (Å²) >= 11 is 13.5. The number of aromatic hydroxyl groups is 1. The van der Waals surface area contributed by atoms with Gasteiger partial charge in [0.25, 0.3) is 0 Å². The number of carboxylic acids is 1. The normalized spacial score (nSPS) is 11.7. The number of phenolic OH excluding ortho intramolecular Hbond substituents is 1. The van der Waals surface area contributed by atoms with Crippen molar-refractivity contribution in [2.75, 3.05) is 0 Å². The SMILES string of the molecule is CCn1c(S/C(=C\c2cc(Br)c(O)c(Br)c2)C(=O)O)nnc1-c1ccc(Cl)cc1. The standard InChI is InChI=1S/C19H14Br2ClN3O3S/c1-2-25-17(11-3-5-12(22)6-4-11)23-24-19(25)29-15(18(27)28)9-10-7-13(20)16(26)14(21)8-10/h3-9,26H,2H2,1H3,(H,27,28)/b15-9-. The molecule has 0 saturated carbocycles. The molecule has 0 radical (unpaired) electrons. The molecule has 6 nitrogen and oxygen atoms in total. The van der Waals surface area contributed by atoms with Crippen molar-refractivity contribution < 1.29 is 15.0 Å². The van der Waals surface area contributed by atoms with Gasteiger partial charge in [-0.25, -0.2) is 4.79 Å². The Morgan fingerprint density at radius 3 is 2.38 bits per heavy atom. The number of rotatable bonds is 6. The first kappa shape index (κ1) is 21.9. The highest BCUT2D eigenvalue weighted by molar-refractivity contribution is 9.11. The van der Waals surface area contributed by atoms with Gasteiger partial charge >= 0.3 is 5.97 Å². The Morgan fingerprint density at radius 1 is 1.21 bits per heavy atom. The molecule has 3 aromatic rings. The van der Waals surface area contributed by atoms with Gasteiger partial charge in [0, 0.05) is 17.1 Å². The van der Waals surface area contributed by atoms with Crippen LogP contribution in [0.15, 0.2) is 55.4 Å². The number of aliphatic carboxylic acids is 1. The Bertz CT molecular complexity index is 1080. The van der Waals surface area contributed by atoms with E-state index in [1.807, 2.05) is 23.6 Å². The number of nitrogens with zero attached hydrogens (tertiary/aromatic N) is 3. The largest absolute Gasteiger partial charge is 0.506 e. The van der Waals surface area contributed by atoms with Crippen LogP contribution in [0.25, 0.3) is 17.5 Å². The molecule has 0 amide bonds. The molecule has 10 heteroatoms. The summed E-state index contributed by atoms with van der Waals surface area (Å²) in [5.41, 5.74) is 1.44. The van der Waals surface area contributed by atoms with Crippen molar-refractivity contribution in [3.63, 3.8) is 0 Å². The van der Waals surface area contributed by atoms with Gasteiger partial charge in [0.2, 0.25) is 0 Å². The van der Waals surface area contributed by atoms with Gasteiger partial charge in [0.05, 0.1) is 8.95 Å². The summed E-state index contributed by atoms with van der Waals surface area (Å²) in [5.74, 6) is -0.412. The molecule has 2 aromatic carbocycles. The first-order chi connectivity index (χ1) is 13.8. The smallest absolute Gasteiger partial charge is 0.342 e. The number of carboxylic acid groups (broad SMARTS) is 1. The zero-order valence-corrected chi connectivity index (χ0v) is 19.7. The van der Waals surface area contributed by atoms with Crippen LogP contribution in [0.2, 0.25) is 5.02 Å². The quantitative estimate of drug-likeness (QED) is 0.282. The third kappa shape index (κ3) is 5.03. The Kier molecular flexibility index (Phi) is 7.05. The maximum atomic E-state index is 11.8. The number of halogens is 3. The second-order valence-electron chi connectivity index (χ2n) is 5.81. The van der Waals surface area contributed by atoms with Crippen molar-refractivity contribution in [1.29, 1.82) is 0 Å². The molecular formula is C19H14Br2ClN3O3S. The van der Waals surface area contributed by atoms with Crippen molar-refractivity contribution in [3.05, 3.63) is 60.8 Å². The first-order valence-electron chi connectivity index (χ1n) is 8.30.